The van der Waals surface area contributed by atoms with Crippen LogP contribution in [0.25, 0.3) is 0 Å². The van der Waals surface area contributed by atoms with Gasteiger partial charge >= 0.3 is 6.03 Å². The summed E-state index contributed by atoms with van der Waals surface area (Å²) in [5.41, 5.74) is 0. The second kappa shape index (κ2) is 9.11. The zero-order chi connectivity index (χ0) is 17.6. The highest BCUT2D eigenvalue weighted by Crippen LogP contribution is 2.19. The molecule has 0 aliphatic carbocycles. The van der Waals surface area contributed by atoms with Crippen molar-refractivity contribution in [3.05, 3.63) is 0 Å². The lowest BCUT2D eigenvalue weighted by atomic mass is 9.95. The Hall–Kier alpha value is -1.30. The van der Waals surface area contributed by atoms with Gasteiger partial charge in [0.2, 0.25) is 5.91 Å². The summed E-state index contributed by atoms with van der Waals surface area (Å²) in [6.07, 6.45) is 2.49. The number of likely N-dealkylation sites (N-methyl/N-ethyl adjacent to an activating group) is 1. The van der Waals surface area contributed by atoms with Crippen LogP contribution in [0.1, 0.15) is 33.1 Å². The summed E-state index contributed by atoms with van der Waals surface area (Å²) in [6.45, 7) is 6.55. The van der Waals surface area contributed by atoms with E-state index in [0.717, 1.165) is 25.8 Å². The molecule has 23 heavy (non-hydrogen) atoms. The fourth-order valence-electron chi connectivity index (χ4n) is 3.12. The zero-order valence-electron chi connectivity index (χ0n) is 15.6. The fourth-order valence-corrected chi connectivity index (χ4v) is 3.12. The van der Waals surface area contributed by atoms with E-state index < -0.39 is 0 Å². The van der Waals surface area contributed by atoms with E-state index in [1.165, 1.54) is 0 Å². The van der Waals surface area contributed by atoms with Crippen molar-refractivity contribution in [1.82, 2.24) is 20.0 Å². The molecule has 1 heterocycles. The Morgan fingerprint density at radius 1 is 1.13 bits per heavy atom. The average Bonchev–Trinajstić information content (AvgIpc) is 2.45. The van der Waals surface area contributed by atoms with E-state index in [0.29, 0.717) is 19.0 Å². The third-order valence-corrected chi connectivity index (χ3v) is 4.21. The smallest absolute Gasteiger partial charge is 0.319 e. The van der Waals surface area contributed by atoms with E-state index in [2.05, 4.69) is 24.1 Å². The molecular weight excluding hydrogens is 292 g/mol. The predicted octanol–water partition coefficient (Wildman–Crippen LogP) is 1.47. The van der Waals surface area contributed by atoms with Crippen LogP contribution < -0.4 is 5.32 Å². The summed E-state index contributed by atoms with van der Waals surface area (Å²) in [7, 11) is 7.59. The summed E-state index contributed by atoms with van der Waals surface area (Å²) in [5.74, 6) is 0.729. The largest absolute Gasteiger partial charge is 0.352 e. The maximum absolute atomic E-state index is 12.5. The standard InChI is InChI=1S/C17H34N4O2/c1-13(2)11-15(12-19(3)4)18-16(22)14-7-9-21(10-8-14)17(23)20(5)6/h13-15H,7-12H2,1-6H3,(H,18,22)/t15-/m0/s1. The molecule has 1 aliphatic heterocycles. The van der Waals surface area contributed by atoms with Crippen LogP contribution in [0.3, 0.4) is 0 Å². The molecule has 6 heteroatoms. The van der Waals surface area contributed by atoms with E-state index in [-0.39, 0.29) is 23.9 Å². The van der Waals surface area contributed by atoms with Gasteiger partial charge in [0.05, 0.1) is 0 Å². The maximum Gasteiger partial charge on any atom is 0.319 e. The van der Waals surface area contributed by atoms with Crippen molar-refractivity contribution in [2.75, 3.05) is 47.8 Å². The highest BCUT2D eigenvalue weighted by Gasteiger charge is 2.29. The maximum atomic E-state index is 12.5. The first kappa shape index (κ1) is 19.7. The Labute approximate surface area is 141 Å². The number of carbonyl (C=O) groups excluding carboxylic acids is 2. The number of piperidine rings is 1. The van der Waals surface area contributed by atoms with Gasteiger partial charge in [-0.05, 0) is 39.3 Å². The molecule has 0 aromatic carbocycles. The second-order valence-corrected chi connectivity index (χ2v) is 7.54. The van der Waals surface area contributed by atoms with Crippen molar-refractivity contribution in [2.45, 2.75) is 39.2 Å². The molecule has 3 amide bonds. The molecule has 0 aromatic heterocycles. The SMILES string of the molecule is CC(C)C[C@@H](CN(C)C)NC(=O)C1CCN(C(=O)N(C)C)CC1. The Morgan fingerprint density at radius 3 is 2.13 bits per heavy atom. The number of amides is 3. The van der Waals surface area contributed by atoms with Crippen molar-refractivity contribution in [3.63, 3.8) is 0 Å². The Kier molecular flexibility index (Phi) is 7.82. The van der Waals surface area contributed by atoms with Crippen LogP contribution in [-0.2, 0) is 4.79 Å². The highest BCUT2D eigenvalue weighted by atomic mass is 16.2. The van der Waals surface area contributed by atoms with Crippen LogP contribution >= 0.6 is 0 Å². The molecule has 0 aromatic rings. The predicted molar refractivity (Wildman–Crippen MR) is 93.3 cm³/mol. The minimum atomic E-state index is 0.0260. The van der Waals surface area contributed by atoms with Gasteiger partial charge in [0.15, 0.2) is 0 Å². The van der Waals surface area contributed by atoms with Gasteiger partial charge in [-0.15, -0.1) is 0 Å². The van der Waals surface area contributed by atoms with E-state index in [9.17, 15) is 9.59 Å². The molecular formula is C17H34N4O2. The molecule has 1 fully saturated rings. The van der Waals surface area contributed by atoms with Crippen molar-refractivity contribution in [1.29, 1.82) is 0 Å². The van der Waals surface area contributed by atoms with Crippen molar-refractivity contribution in [3.8, 4) is 0 Å². The molecule has 1 rings (SSSR count). The normalized spacial score (nSPS) is 17.5. The van der Waals surface area contributed by atoms with Crippen molar-refractivity contribution < 1.29 is 9.59 Å². The Bertz CT molecular complexity index is 378. The lowest BCUT2D eigenvalue weighted by Crippen LogP contribution is -2.49. The third-order valence-electron chi connectivity index (χ3n) is 4.21. The molecule has 1 saturated heterocycles. The monoisotopic (exact) mass is 326 g/mol. The Balaban J connectivity index is 2.50. The van der Waals surface area contributed by atoms with E-state index >= 15 is 0 Å². The van der Waals surface area contributed by atoms with Gasteiger partial charge in [0.1, 0.15) is 0 Å². The van der Waals surface area contributed by atoms with Gasteiger partial charge in [0.25, 0.3) is 0 Å². The van der Waals surface area contributed by atoms with Gasteiger partial charge in [-0.2, -0.15) is 0 Å². The lowest BCUT2D eigenvalue weighted by molar-refractivity contribution is -0.127. The number of rotatable bonds is 6. The Morgan fingerprint density at radius 2 is 1.70 bits per heavy atom. The van der Waals surface area contributed by atoms with Gasteiger partial charge in [0, 0.05) is 45.7 Å². The summed E-state index contributed by atoms with van der Waals surface area (Å²) in [6, 6.07) is 0.230. The number of likely N-dealkylation sites (tertiary alicyclic amines) is 1. The number of nitrogens with one attached hydrogen (secondary N) is 1. The molecule has 0 radical (unpaired) electrons. The number of hydrogen-bond acceptors (Lipinski definition) is 3. The molecule has 0 bridgehead atoms. The average molecular weight is 326 g/mol. The van der Waals surface area contributed by atoms with Gasteiger partial charge < -0.3 is 20.0 Å². The molecule has 1 N–H and O–H groups in total. The van der Waals surface area contributed by atoms with Gasteiger partial charge in [-0.3, -0.25) is 4.79 Å². The van der Waals surface area contributed by atoms with Crippen molar-refractivity contribution >= 4 is 11.9 Å². The third kappa shape index (κ3) is 6.77. The van der Waals surface area contributed by atoms with E-state index in [1.54, 1.807) is 19.0 Å². The zero-order valence-corrected chi connectivity index (χ0v) is 15.6. The number of urea groups is 1. The molecule has 0 unspecified atom stereocenters. The number of carbonyl (C=O) groups is 2. The lowest BCUT2D eigenvalue weighted by Gasteiger charge is -2.34. The van der Waals surface area contributed by atoms with Crippen LogP contribution in [0.2, 0.25) is 0 Å². The minimum absolute atomic E-state index is 0.0260. The summed E-state index contributed by atoms with van der Waals surface area (Å²) in [5, 5.41) is 3.22. The van der Waals surface area contributed by atoms with Crippen LogP contribution in [-0.4, -0.2) is 80.5 Å². The van der Waals surface area contributed by atoms with E-state index in [1.807, 2.05) is 19.0 Å². The topological polar surface area (TPSA) is 55.9 Å². The van der Waals surface area contributed by atoms with E-state index in [4.69, 9.17) is 0 Å². The number of nitrogens with zero attached hydrogens (tertiary/aromatic N) is 3. The number of hydrogen-bond donors (Lipinski definition) is 1. The molecule has 1 atom stereocenters. The first-order chi connectivity index (χ1) is 10.7. The van der Waals surface area contributed by atoms with Gasteiger partial charge in [-0.25, -0.2) is 4.79 Å². The highest BCUT2D eigenvalue weighted by molar-refractivity contribution is 5.80. The van der Waals surface area contributed by atoms with Crippen LogP contribution in [0, 0.1) is 11.8 Å². The van der Waals surface area contributed by atoms with Gasteiger partial charge in [-0.1, -0.05) is 13.8 Å². The van der Waals surface area contributed by atoms with Crippen LogP contribution in [0.5, 0.6) is 0 Å². The summed E-state index contributed by atoms with van der Waals surface area (Å²) in [4.78, 5) is 30.0. The molecule has 1 aliphatic rings. The van der Waals surface area contributed by atoms with Crippen LogP contribution in [0.4, 0.5) is 4.79 Å². The molecule has 134 valence electrons. The molecule has 0 saturated carbocycles. The fraction of sp³-hybridized carbons (Fsp3) is 0.882. The quantitative estimate of drug-likeness (QED) is 0.804. The second-order valence-electron chi connectivity index (χ2n) is 7.54. The molecule has 0 spiro atoms. The minimum Gasteiger partial charge on any atom is -0.352 e. The first-order valence-electron chi connectivity index (χ1n) is 8.62. The molecule has 6 nitrogen and oxygen atoms in total. The summed E-state index contributed by atoms with van der Waals surface area (Å²) < 4.78 is 0. The van der Waals surface area contributed by atoms with Crippen LogP contribution in [0.15, 0.2) is 0 Å². The van der Waals surface area contributed by atoms with Crippen molar-refractivity contribution in [2.24, 2.45) is 11.8 Å². The summed E-state index contributed by atoms with van der Waals surface area (Å²) >= 11 is 0. The first-order valence-corrected chi connectivity index (χ1v) is 8.62.